The summed E-state index contributed by atoms with van der Waals surface area (Å²) in [6, 6.07) is 9.21. The number of fused-ring (bicyclic) bond motifs is 2. The number of methoxy groups -OCH3 is 1. The molecule has 1 amide bonds. The Bertz CT molecular complexity index is 757. The number of benzene rings is 1. The second-order valence-corrected chi connectivity index (χ2v) is 8.74. The monoisotopic (exact) mass is 366 g/mol. The van der Waals surface area contributed by atoms with Crippen LogP contribution in [-0.4, -0.2) is 54.5 Å². The number of carbonyl (C=O) groups excluding carboxylic acids is 1. The van der Waals surface area contributed by atoms with E-state index in [0.29, 0.717) is 17.9 Å². The van der Waals surface area contributed by atoms with Gasteiger partial charge in [-0.3, -0.25) is 9.69 Å². The number of hydrogen-bond donors (Lipinski definition) is 0. The average Bonchev–Trinajstić information content (AvgIpc) is 2.71. The summed E-state index contributed by atoms with van der Waals surface area (Å²) in [5, 5.41) is 0. The van der Waals surface area contributed by atoms with Crippen molar-refractivity contribution in [3.05, 3.63) is 35.4 Å². The molecule has 0 N–H and O–H groups in total. The minimum atomic E-state index is 0.287. The van der Waals surface area contributed by atoms with Gasteiger partial charge in [-0.05, 0) is 87.2 Å². The van der Waals surface area contributed by atoms with Crippen molar-refractivity contribution in [1.29, 1.82) is 0 Å². The fourth-order valence-electron chi connectivity index (χ4n) is 6.26. The van der Waals surface area contributed by atoms with Gasteiger partial charge in [-0.2, -0.15) is 0 Å². The number of rotatable bonds is 2. The van der Waals surface area contributed by atoms with Gasteiger partial charge in [0.25, 0.3) is 0 Å². The molecule has 0 saturated carbocycles. The van der Waals surface area contributed by atoms with Crippen LogP contribution in [0.25, 0.3) is 6.08 Å². The highest BCUT2D eigenvalue weighted by atomic mass is 16.5. The Labute approximate surface area is 162 Å². The van der Waals surface area contributed by atoms with Gasteiger partial charge in [0.05, 0.1) is 7.11 Å². The summed E-state index contributed by atoms with van der Waals surface area (Å²) < 4.78 is 5.33. The Kier molecular flexibility index (Phi) is 4.47. The molecule has 4 nitrogen and oxygen atoms in total. The van der Waals surface area contributed by atoms with E-state index < -0.39 is 0 Å². The summed E-state index contributed by atoms with van der Waals surface area (Å²) in [5.41, 5.74) is 2.04. The van der Waals surface area contributed by atoms with E-state index in [0.717, 1.165) is 42.3 Å². The standard InChI is InChI=1S/C23H30N2O2/c1-27-19-7-2-5-16(14-19)13-17-9-10-21-20-8-4-12-24-11-3-6-18(22(20)24)15-25(21)23(17)26/h2,5,7,13-14,18,20-22H,3-4,6,8-12,15H2,1H3/b17-13+/t18-,20+,21+,22-/m0/s1. The molecular formula is C23H30N2O2. The summed E-state index contributed by atoms with van der Waals surface area (Å²) >= 11 is 0. The third kappa shape index (κ3) is 2.98. The van der Waals surface area contributed by atoms with Gasteiger partial charge >= 0.3 is 0 Å². The number of hydrogen-bond acceptors (Lipinski definition) is 3. The predicted molar refractivity (Wildman–Crippen MR) is 107 cm³/mol. The molecule has 1 aromatic rings. The van der Waals surface area contributed by atoms with Crippen molar-refractivity contribution >= 4 is 12.0 Å². The molecule has 0 unspecified atom stereocenters. The molecular weight excluding hydrogens is 336 g/mol. The van der Waals surface area contributed by atoms with Gasteiger partial charge in [0, 0.05) is 24.2 Å². The van der Waals surface area contributed by atoms with Crippen molar-refractivity contribution < 1.29 is 9.53 Å². The van der Waals surface area contributed by atoms with Gasteiger partial charge in [0.2, 0.25) is 5.91 Å². The highest BCUT2D eigenvalue weighted by Crippen LogP contribution is 2.45. The van der Waals surface area contributed by atoms with E-state index >= 15 is 0 Å². The van der Waals surface area contributed by atoms with E-state index in [9.17, 15) is 4.79 Å². The first kappa shape index (κ1) is 17.3. The minimum absolute atomic E-state index is 0.287. The summed E-state index contributed by atoms with van der Waals surface area (Å²) in [7, 11) is 1.68. The number of nitrogens with zero attached hydrogens (tertiary/aromatic N) is 2. The van der Waals surface area contributed by atoms with E-state index in [1.807, 2.05) is 18.2 Å². The minimum Gasteiger partial charge on any atom is -0.497 e. The first-order valence-corrected chi connectivity index (χ1v) is 10.6. The molecule has 0 aliphatic carbocycles. The smallest absolute Gasteiger partial charge is 0.250 e. The van der Waals surface area contributed by atoms with E-state index in [4.69, 9.17) is 4.74 Å². The Morgan fingerprint density at radius 1 is 1.15 bits per heavy atom. The van der Waals surface area contributed by atoms with Gasteiger partial charge < -0.3 is 9.64 Å². The lowest BCUT2D eigenvalue weighted by atomic mass is 9.67. The number of piperidine rings is 4. The largest absolute Gasteiger partial charge is 0.497 e. The van der Waals surface area contributed by atoms with Crippen LogP contribution in [-0.2, 0) is 4.79 Å². The maximum Gasteiger partial charge on any atom is 0.250 e. The molecule has 4 atom stereocenters. The molecule has 4 saturated heterocycles. The molecule has 0 bridgehead atoms. The van der Waals surface area contributed by atoms with Crippen molar-refractivity contribution in [3.63, 3.8) is 0 Å². The van der Waals surface area contributed by atoms with Crippen LogP contribution in [0.1, 0.15) is 44.1 Å². The van der Waals surface area contributed by atoms with Gasteiger partial charge in [-0.25, -0.2) is 0 Å². The van der Waals surface area contributed by atoms with E-state index in [1.54, 1.807) is 7.11 Å². The quantitative estimate of drug-likeness (QED) is 0.750. The van der Waals surface area contributed by atoms with Crippen molar-refractivity contribution in [2.75, 3.05) is 26.7 Å². The fourth-order valence-corrected chi connectivity index (χ4v) is 6.26. The van der Waals surface area contributed by atoms with Crippen LogP contribution in [0.15, 0.2) is 29.8 Å². The summed E-state index contributed by atoms with van der Waals surface area (Å²) in [6.45, 7) is 3.52. The zero-order chi connectivity index (χ0) is 18.4. The zero-order valence-corrected chi connectivity index (χ0v) is 16.3. The van der Waals surface area contributed by atoms with Crippen molar-refractivity contribution in [2.45, 2.75) is 50.6 Å². The van der Waals surface area contributed by atoms with Crippen LogP contribution in [0.3, 0.4) is 0 Å². The zero-order valence-electron chi connectivity index (χ0n) is 16.3. The fraction of sp³-hybridized carbons (Fsp3) is 0.609. The Morgan fingerprint density at radius 3 is 2.85 bits per heavy atom. The number of amides is 1. The van der Waals surface area contributed by atoms with Crippen LogP contribution in [0, 0.1) is 11.8 Å². The van der Waals surface area contributed by atoms with Crippen LogP contribution < -0.4 is 4.74 Å². The van der Waals surface area contributed by atoms with Crippen LogP contribution in [0.2, 0.25) is 0 Å². The van der Waals surface area contributed by atoms with Crippen LogP contribution >= 0.6 is 0 Å². The molecule has 0 radical (unpaired) electrons. The summed E-state index contributed by atoms with van der Waals surface area (Å²) in [4.78, 5) is 18.4. The Hall–Kier alpha value is -1.81. The van der Waals surface area contributed by atoms with Gasteiger partial charge in [-0.15, -0.1) is 0 Å². The predicted octanol–water partition coefficient (Wildman–Crippen LogP) is 3.57. The first-order chi connectivity index (χ1) is 13.2. The van der Waals surface area contributed by atoms with Gasteiger partial charge in [-0.1, -0.05) is 12.1 Å². The molecule has 0 spiro atoms. The average molecular weight is 367 g/mol. The third-order valence-electron chi connectivity index (χ3n) is 7.35. The van der Waals surface area contributed by atoms with Crippen molar-refractivity contribution in [3.8, 4) is 5.75 Å². The second-order valence-electron chi connectivity index (χ2n) is 8.74. The topological polar surface area (TPSA) is 32.8 Å². The molecule has 5 rings (SSSR count). The molecule has 4 heterocycles. The Balaban J connectivity index is 1.41. The lowest BCUT2D eigenvalue weighted by Crippen LogP contribution is -2.66. The maximum atomic E-state index is 13.4. The SMILES string of the molecule is COc1cccc(/C=C2\CC[C@@H]3[C@H]4CCCN5CCC[C@@H](CN3C2=O)[C@@H]45)c1. The number of ether oxygens (including phenoxy) is 1. The summed E-state index contributed by atoms with van der Waals surface area (Å²) in [6.07, 6.45) is 9.33. The third-order valence-corrected chi connectivity index (χ3v) is 7.35. The highest BCUT2D eigenvalue weighted by molar-refractivity contribution is 5.99. The van der Waals surface area contributed by atoms with E-state index in [2.05, 4.69) is 21.9 Å². The second kappa shape index (κ2) is 6.97. The first-order valence-electron chi connectivity index (χ1n) is 10.6. The van der Waals surface area contributed by atoms with E-state index in [-0.39, 0.29) is 5.91 Å². The van der Waals surface area contributed by atoms with Gasteiger partial charge in [0.1, 0.15) is 5.75 Å². The maximum absolute atomic E-state index is 13.4. The molecule has 27 heavy (non-hydrogen) atoms. The van der Waals surface area contributed by atoms with Crippen LogP contribution in [0.4, 0.5) is 0 Å². The lowest BCUT2D eigenvalue weighted by molar-refractivity contribution is -0.145. The Morgan fingerprint density at radius 2 is 2.00 bits per heavy atom. The van der Waals surface area contributed by atoms with E-state index in [1.165, 1.54) is 38.8 Å². The highest BCUT2D eigenvalue weighted by Gasteiger charge is 2.51. The molecule has 4 aliphatic rings. The normalized spacial score (nSPS) is 34.9. The van der Waals surface area contributed by atoms with Crippen molar-refractivity contribution in [2.24, 2.45) is 11.8 Å². The molecule has 144 valence electrons. The number of carbonyl (C=O) groups is 1. The lowest BCUT2D eigenvalue weighted by Gasteiger charge is -2.58. The molecule has 0 aromatic heterocycles. The molecule has 4 heteroatoms. The molecule has 4 fully saturated rings. The summed E-state index contributed by atoms with van der Waals surface area (Å²) in [5.74, 6) is 2.51. The van der Waals surface area contributed by atoms with Gasteiger partial charge in [0.15, 0.2) is 0 Å². The van der Waals surface area contributed by atoms with Crippen LogP contribution in [0.5, 0.6) is 5.75 Å². The van der Waals surface area contributed by atoms with Crippen molar-refractivity contribution in [1.82, 2.24) is 9.80 Å². The molecule has 1 aromatic carbocycles. The molecule has 4 aliphatic heterocycles.